The van der Waals surface area contributed by atoms with Crippen molar-refractivity contribution in [3.63, 3.8) is 0 Å². The van der Waals surface area contributed by atoms with E-state index in [9.17, 15) is 4.79 Å². The van der Waals surface area contributed by atoms with Gasteiger partial charge in [0, 0.05) is 23.8 Å². The molecule has 2 atom stereocenters. The Morgan fingerprint density at radius 3 is 2.85 bits per heavy atom. The third-order valence-electron chi connectivity index (χ3n) is 5.87. The number of aromatic nitrogens is 2. The van der Waals surface area contributed by atoms with E-state index in [2.05, 4.69) is 49.6 Å². The quantitative estimate of drug-likeness (QED) is 0.849. The van der Waals surface area contributed by atoms with Gasteiger partial charge in [0.05, 0.1) is 5.69 Å². The average molecular weight is 389 g/mol. The summed E-state index contributed by atoms with van der Waals surface area (Å²) in [4.78, 5) is 13.0. The number of nitrogens with zero attached hydrogens (tertiary/aromatic N) is 2. The van der Waals surface area contributed by atoms with Crippen LogP contribution in [0, 0.1) is 19.8 Å². The number of rotatable bonds is 3. The molecule has 5 nitrogen and oxygen atoms in total. The highest BCUT2D eigenvalue weighted by molar-refractivity contribution is 5.94. The zero-order chi connectivity index (χ0) is 18.3. The van der Waals surface area contributed by atoms with Crippen molar-refractivity contribution in [3.8, 4) is 5.69 Å². The summed E-state index contributed by atoms with van der Waals surface area (Å²) in [5.41, 5.74) is 6.48. The smallest absolute Gasteiger partial charge is 0.272 e. The molecule has 0 bridgehead atoms. The number of nitrogens with one attached hydrogen (secondary N) is 2. The first kappa shape index (κ1) is 19.9. The lowest BCUT2D eigenvalue weighted by Gasteiger charge is -2.30. The van der Waals surface area contributed by atoms with E-state index in [1.54, 1.807) is 0 Å². The summed E-state index contributed by atoms with van der Waals surface area (Å²) in [5.74, 6) is 0.474. The molecule has 1 aliphatic heterocycles. The number of hydrogen-bond acceptors (Lipinski definition) is 3. The second-order valence-electron chi connectivity index (χ2n) is 7.88. The molecule has 1 aliphatic carbocycles. The Morgan fingerprint density at radius 1 is 1.30 bits per heavy atom. The maximum absolute atomic E-state index is 13.0. The molecule has 0 spiro atoms. The van der Waals surface area contributed by atoms with E-state index in [1.807, 2.05) is 4.68 Å². The Balaban J connectivity index is 0.00000210. The van der Waals surface area contributed by atoms with Crippen LogP contribution in [0.1, 0.15) is 52.6 Å². The fourth-order valence-corrected chi connectivity index (χ4v) is 4.28. The van der Waals surface area contributed by atoms with Crippen molar-refractivity contribution in [2.75, 3.05) is 13.1 Å². The number of aryl methyl sites for hydroxylation is 2. The molecule has 2 unspecified atom stereocenters. The first-order valence-corrected chi connectivity index (χ1v) is 9.74. The van der Waals surface area contributed by atoms with Crippen molar-refractivity contribution in [2.45, 2.75) is 52.5 Å². The van der Waals surface area contributed by atoms with E-state index in [4.69, 9.17) is 5.10 Å². The van der Waals surface area contributed by atoms with Crippen molar-refractivity contribution in [1.29, 1.82) is 0 Å². The van der Waals surface area contributed by atoms with Crippen LogP contribution in [0.3, 0.4) is 0 Å². The molecule has 27 heavy (non-hydrogen) atoms. The highest BCUT2D eigenvalue weighted by Gasteiger charge is 2.30. The molecule has 4 rings (SSSR count). The molecule has 0 radical (unpaired) electrons. The summed E-state index contributed by atoms with van der Waals surface area (Å²) < 4.78 is 2.01. The molecule has 2 aromatic rings. The normalized spacial score (nSPS) is 21.4. The van der Waals surface area contributed by atoms with E-state index in [-0.39, 0.29) is 24.4 Å². The van der Waals surface area contributed by atoms with Crippen LogP contribution in [-0.4, -0.2) is 34.8 Å². The van der Waals surface area contributed by atoms with Gasteiger partial charge in [-0.2, -0.15) is 5.10 Å². The predicted molar refractivity (Wildman–Crippen MR) is 110 cm³/mol. The summed E-state index contributed by atoms with van der Waals surface area (Å²) in [6.45, 7) is 8.30. The minimum Gasteiger partial charge on any atom is -0.346 e. The Hall–Kier alpha value is -1.85. The molecular formula is C21H29ClN4O. The van der Waals surface area contributed by atoms with Gasteiger partial charge in [0.2, 0.25) is 0 Å². The summed E-state index contributed by atoms with van der Waals surface area (Å²) in [5, 5.41) is 11.4. The Kier molecular flexibility index (Phi) is 5.92. The minimum atomic E-state index is -0.0211. The van der Waals surface area contributed by atoms with E-state index >= 15 is 0 Å². The molecule has 146 valence electrons. The van der Waals surface area contributed by atoms with Crippen LogP contribution in [-0.2, 0) is 12.8 Å². The van der Waals surface area contributed by atoms with Crippen molar-refractivity contribution in [3.05, 3.63) is 46.3 Å². The fourth-order valence-electron chi connectivity index (χ4n) is 4.28. The molecule has 1 saturated heterocycles. The minimum absolute atomic E-state index is 0. The van der Waals surface area contributed by atoms with E-state index in [1.165, 1.54) is 16.8 Å². The van der Waals surface area contributed by atoms with E-state index in [0.29, 0.717) is 11.6 Å². The van der Waals surface area contributed by atoms with Crippen LogP contribution >= 0.6 is 12.4 Å². The van der Waals surface area contributed by atoms with Gasteiger partial charge >= 0.3 is 0 Å². The van der Waals surface area contributed by atoms with Crippen LogP contribution in [0.5, 0.6) is 0 Å². The first-order valence-electron chi connectivity index (χ1n) is 9.74. The summed E-state index contributed by atoms with van der Waals surface area (Å²) in [6.07, 6.45) is 4.13. The number of carbonyl (C=O) groups is 1. The molecule has 1 fully saturated rings. The molecule has 1 aromatic carbocycles. The SMILES string of the molecule is Cc1ccc(-n2nc(C(=O)NC3CNCCC3C)c3c2CCC3)c(C)c1.Cl. The number of benzene rings is 1. The molecule has 2 aliphatic rings. The summed E-state index contributed by atoms with van der Waals surface area (Å²) in [7, 11) is 0. The second-order valence-corrected chi connectivity index (χ2v) is 7.88. The van der Waals surface area contributed by atoms with Gasteiger partial charge in [-0.3, -0.25) is 4.79 Å². The Labute approximate surface area is 167 Å². The number of carbonyl (C=O) groups excluding carboxylic acids is 1. The lowest BCUT2D eigenvalue weighted by molar-refractivity contribution is 0.0908. The predicted octanol–water partition coefficient (Wildman–Crippen LogP) is 3.13. The highest BCUT2D eigenvalue weighted by Crippen LogP contribution is 2.29. The maximum atomic E-state index is 13.0. The van der Waals surface area contributed by atoms with Crippen LogP contribution in [0.2, 0.25) is 0 Å². The van der Waals surface area contributed by atoms with Gasteiger partial charge in [0.25, 0.3) is 5.91 Å². The average Bonchev–Trinajstić information content (AvgIpc) is 3.20. The zero-order valence-corrected chi connectivity index (χ0v) is 17.2. The van der Waals surface area contributed by atoms with Crippen molar-refractivity contribution >= 4 is 18.3 Å². The second kappa shape index (κ2) is 8.03. The van der Waals surface area contributed by atoms with Gasteiger partial charge in [-0.25, -0.2) is 4.68 Å². The number of hydrogen-bond donors (Lipinski definition) is 2. The van der Waals surface area contributed by atoms with Gasteiger partial charge in [0.1, 0.15) is 0 Å². The standard InChI is InChI=1S/C21H28N4O.ClH/c1-13-7-8-18(15(3)11-13)25-19-6-4-5-16(19)20(24-25)21(26)23-17-12-22-10-9-14(17)2;/h7-8,11,14,17,22H,4-6,9-10,12H2,1-3H3,(H,23,26);1H. The molecule has 0 saturated carbocycles. The number of halogens is 1. The largest absolute Gasteiger partial charge is 0.346 e. The summed E-state index contributed by atoms with van der Waals surface area (Å²) >= 11 is 0. The van der Waals surface area contributed by atoms with Crippen LogP contribution < -0.4 is 10.6 Å². The number of fused-ring (bicyclic) bond motifs is 1. The van der Waals surface area contributed by atoms with Gasteiger partial charge in [-0.15, -0.1) is 12.4 Å². The monoisotopic (exact) mass is 388 g/mol. The fraction of sp³-hybridized carbons (Fsp3) is 0.524. The van der Waals surface area contributed by atoms with Crippen molar-refractivity contribution in [1.82, 2.24) is 20.4 Å². The number of piperidine rings is 1. The van der Waals surface area contributed by atoms with Gasteiger partial charge in [-0.1, -0.05) is 24.6 Å². The molecule has 6 heteroatoms. The van der Waals surface area contributed by atoms with Crippen LogP contribution in [0.4, 0.5) is 0 Å². The van der Waals surface area contributed by atoms with Crippen LogP contribution in [0.15, 0.2) is 18.2 Å². The lowest BCUT2D eigenvalue weighted by atomic mass is 9.94. The van der Waals surface area contributed by atoms with Crippen molar-refractivity contribution < 1.29 is 4.79 Å². The highest BCUT2D eigenvalue weighted by atomic mass is 35.5. The van der Waals surface area contributed by atoms with E-state index < -0.39 is 0 Å². The topological polar surface area (TPSA) is 59.0 Å². The van der Waals surface area contributed by atoms with Gasteiger partial charge < -0.3 is 10.6 Å². The zero-order valence-electron chi connectivity index (χ0n) is 16.3. The molecule has 1 amide bonds. The molecular weight excluding hydrogens is 360 g/mol. The van der Waals surface area contributed by atoms with E-state index in [0.717, 1.165) is 50.0 Å². The third kappa shape index (κ3) is 3.76. The maximum Gasteiger partial charge on any atom is 0.272 e. The third-order valence-corrected chi connectivity index (χ3v) is 5.87. The van der Waals surface area contributed by atoms with Gasteiger partial charge in [-0.05, 0) is 63.6 Å². The molecule has 2 N–H and O–H groups in total. The molecule has 2 heterocycles. The molecule has 1 aromatic heterocycles. The Bertz CT molecular complexity index is 845. The number of amides is 1. The first-order chi connectivity index (χ1) is 12.5. The van der Waals surface area contributed by atoms with Gasteiger partial charge in [0.15, 0.2) is 5.69 Å². The lowest BCUT2D eigenvalue weighted by Crippen LogP contribution is -2.50. The van der Waals surface area contributed by atoms with Crippen LogP contribution in [0.25, 0.3) is 5.69 Å². The Morgan fingerprint density at radius 2 is 2.11 bits per heavy atom. The summed E-state index contributed by atoms with van der Waals surface area (Å²) in [6, 6.07) is 6.58. The van der Waals surface area contributed by atoms with Crippen molar-refractivity contribution in [2.24, 2.45) is 5.92 Å².